The minimum atomic E-state index is -0.587. The first-order valence-electron chi connectivity index (χ1n) is 7.08. The Morgan fingerprint density at radius 2 is 1.88 bits per heavy atom. The number of amides is 3. The van der Waals surface area contributed by atoms with E-state index in [0.717, 1.165) is 5.56 Å². The molecule has 2 aromatic carbocycles. The molecule has 0 aliphatic carbocycles. The number of halogens is 1. The summed E-state index contributed by atoms with van der Waals surface area (Å²) in [6.45, 7) is 0. The summed E-state index contributed by atoms with van der Waals surface area (Å²) in [5.74, 6) is -0.540. The van der Waals surface area contributed by atoms with E-state index in [1.807, 2.05) is 0 Å². The highest BCUT2D eigenvalue weighted by Gasteiger charge is 2.27. The van der Waals surface area contributed by atoms with Crippen LogP contribution in [0.25, 0.3) is 0 Å². The lowest BCUT2D eigenvalue weighted by atomic mass is 10.1. The van der Waals surface area contributed by atoms with Crippen LogP contribution in [-0.4, -0.2) is 24.8 Å². The Hall–Kier alpha value is -2.67. The van der Waals surface area contributed by atoms with Gasteiger partial charge in [-0.15, -0.1) is 0 Å². The number of nitrogens with one attached hydrogen (secondary N) is 2. The van der Waals surface area contributed by atoms with Crippen molar-refractivity contribution < 1.29 is 19.1 Å². The number of alkyl halides is 1. The first-order chi connectivity index (χ1) is 11.5. The maximum Gasteiger partial charge on any atom is 0.259 e. The molecule has 1 unspecified atom stereocenters. The maximum atomic E-state index is 12.4. The molecule has 24 heavy (non-hydrogen) atoms. The van der Waals surface area contributed by atoms with E-state index < -0.39 is 16.6 Å². The molecule has 7 heteroatoms. The monoisotopic (exact) mass is 388 g/mol. The van der Waals surface area contributed by atoms with Crippen molar-refractivity contribution in [2.75, 3.05) is 12.4 Å². The number of rotatable bonds is 4. The SMILES string of the molecule is COc1cccc(C(Br)C(=O)Nc2ccc3c(c2)C(=O)NC3=O)c1. The molecular weight excluding hydrogens is 376 g/mol. The van der Waals surface area contributed by atoms with Gasteiger partial charge in [0.1, 0.15) is 10.6 Å². The molecule has 0 saturated heterocycles. The van der Waals surface area contributed by atoms with Gasteiger partial charge in [0.2, 0.25) is 5.91 Å². The van der Waals surface area contributed by atoms with Crippen molar-refractivity contribution >= 4 is 39.3 Å². The van der Waals surface area contributed by atoms with Gasteiger partial charge in [-0.25, -0.2) is 0 Å². The van der Waals surface area contributed by atoms with Crippen molar-refractivity contribution in [1.82, 2.24) is 5.32 Å². The van der Waals surface area contributed by atoms with Gasteiger partial charge in [0.25, 0.3) is 11.8 Å². The van der Waals surface area contributed by atoms with E-state index in [0.29, 0.717) is 17.0 Å². The number of imide groups is 1. The Balaban J connectivity index is 1.78. The molecule has 6 nitrogen and oxygen atoms in total. The normalized spacial score (nSPS) is 13.9. The third kappa shape index (κ3) is 3.03. The molecule has 122 valence electrons. The average Bonchev–Trinajstić information content (AvgIpc) is 2.88. The first kappa shape index (κ1) is 16.2. The van der Waals surface area contributed by atoms with Crippen LogP contribution in [0.2, 0.25) is 0 Å². The molecule has 1 atom stereocenters. The van der Waals surface area contributed by atoms with Gasteiger partial charge in [0.05, 0.1) is 18.2 Å². The zero-order chi connectivity index (χ0) is 17.3. The lowest BCUT2D eigenvalue weighted by molar-refractivity contribution is -0.115. The number of methoxy groups -OCH3 is 1. The fraction of sp³-hybridized carbons (Fsp3) is 0.118. The number of anilines is 1. The van der Waals surface area contributed by atoms with E-state index in [2.05, 4.69) is 26.6 Å². The van der Waals surface area contributed by atoms with E-state index >= 15 is 0 Å². The van der Waals surface area contributed by atoms with Crippen LogP contribution >= 0.6 is 15.9 Å². The van der Waals surface area contributed by atoms with Gasteiger partial charge in [-0.2, -0.15) is 0 Å². The Morgan fingerprint density at radius 1 is 1.12 bits per heavy atom. The van der Waals surface area contributed by atoms with Crippen LogP contribution in [0.4, 0.5) is 5.69 Å². The summed E-state index contributed by atoms with van der Waals surface area (Å²) in [5.41, 5.74) is 1.74. The van der Waals surface area contributed by atoms with Gasteiger partial charge in [0, 0.05) is 5.69 Å². The quantitative estimate of drug-likeness (QED) is 0.622. The molecular formula is C17H13BrN2O4. The van der Waals surface area contributed by atoms with Gasteiger partial charge in [-0.1, -0.05) is 28.1 Å². The van der Waals surface area contributed by atoms with Crippen LogP contribution in [0.1, 0.15) is 31.1 Å². The van der Waals surface area contributed by atoms with Crippen molar-refractivity contribution in [2.45, 2.75) is 4.83 Å². The molecule has 1 heterocycles. The van der Waals surface area contributed by atoms with Crippen LogP contribution in [0.3, 0.4) is 0 Å². The van der Waals surface area contributed by atoms with Crippen LogP contribution in [-0.2, 0) is 4.79 Å². The number of ether oxygens (including phenoxy) is 1. The predicted molar refractivity (Wildman–Crippen MR) is 91.5 cm³/mol. The topological polar surface area (TPSA) is 84.5 Å². The highest BCUT2D eigenvalue weighted by atomic mass is 79.9. The Labute approximate surface area is 146 Å². The van der Waals surface area contributed by atoms with E-state index in [9.17, 15) is 14.4 Å². The molecule has 3 amide bonds. The van der Waals surface area contributed by atoms with Gasteiger partial charge in [-0.05, 0) is 35.9 Å². The van der Waals surface area contributed by atoms with Crippen LogP contribution in [0.5, 0.6) is 5.75 Å². The summed E-state index contributed by atoms with van der Waals surface area (Å²) >= 11 is 3.36. The van der Waals surface area contributed by atoms with Gasteiger partial charge in [-0.3, -0.25) is 19.7 Å². The number of hydrogen-bond donors (Lipinski definition) is 2. The minimum absolute atomic E-state index is 0.255. The molecule has 3 rings (SSSR count). The van der Waals surface area contributed by atoms with Gasteiger partial charge in [0.15, 0.2) is 0 Å². The zero-order valence-corrected chi connectivity index (χ0v) is 14.2. The largest absolute Gasteiger partial charge is 0.497 e. The highest BCUT2D eigenvalue weighted by Crippen LogP contribution is 2.28. The smallest absolute Gasteiger partial charge is 0.259 e. The van der Waals surface area contributed by atoms with Crippen LogP contribution in [0, 0.1) is 0 Å². The van der Waals surface area contributed by atoms with E-state index in [1.165, 1.54) is 12.1 Å². The Morgan fingerprint density at radius 3 is 2.62 bits per heavy atom. The van der Waals surface area contributed by atoms with Crippen molar-refractivity contribution in [1.29, 1.82) is 0 Å². The Kier molecular flexibility index (Phi) is 4.35. The maximum absolute atomic E-state index is 12.4. The van der Waals surface area contributed by atoms with Crippen LogP contribution in [0.15, 0.2) is 42.5 Å². The second-order valence-corrected chi connectivity index (χ2v) is 6.09. The first-order valence-corrected chi connectivity index (χ1v) is 8.00. The molecule has 0 aromatic heterocycles. The van der Waals surface area contributed by atoms with E-state index in [4.69, 9.17) is 4.74 Å². The zero-order valence-electron chi connectivity index (χ0n) is 12.6. The fourth-order valence-electron chi connectivity index (χ4n) is 2.40. The van der Waals surface area contributed by atoms with Crippen molar-refractivity contribution in [3.8, 4) is 5.75 Å². The summed E-state index contributed by atoms with van der Waals surface area (Å²) in [6, 6.07) is 11.7. The summed E-state index contributed by atoms with van der Waals surface area (Å²) in [7, 11) is 1.55. The molecule has 2 aromatic rings. The molecule has 1 aliphatic heterocycles. The number of carbonyl (C=O) groups is 3. The molecule has 0 fully saturated rings. The average molecular weight is 389 g/mol. The van der Waals surface area contributed by atoms with Crippen LogP contribution < -0.4 is 15.4 Å². The standard InChI is InChI=1S/C17H13BrN2O4/c1-24-11-4-2-3-9(7-11)14(18)17(23)19-10-5-6-12-13(8-10)16(22)20-15(12)21/h2-8,14H,1H3,(H,19,23)(H,20,21,22). The molecule has 0 saturated carbocycles. The molecule has 0 radical (unpaired) electrons. The highest BCUT2D eigenvalue weighted by molar-refractivity contribution is 9.09. The minimum Gasteiger partial charge on any atom is -0.497 e. The summed E-state index contributed by atoms with van der Waals surface area (Å²) < 4.78 is 5.15. The van der Waals surface area contributed by atoms with Crippen molar-refractivity contribution in [3.05, 3.63) is 59.2 Å². The lowest BCUT2D eigenvalue weighted by Crippen LogP contribution is -2.20. The van der Waals surface area contributed by atoms with Gasteiger partial charge >= 0.3 is 0 Å². The lowest BCUT2D eigenvalue weighted by Gasteiger charge is -2.12. The number of carbonyl (C=O) groups excluding carboxylic acids is 3. The van der Waals surface area contributed by atoms with Gasteiger partial charge < -0.3 is 10.1 Å². The third-order valence-corrected chi connectivity index (χ3v) is 4.56. The Bertz CT molecular complexity index is 850. The number of fused-ring (bicyclic) bond motifs is 1. The predicted octanol–water partition coefficient (Wildman–Crippen LogP) is 2.65. The number of hydrogen-bond acceptors (Lipinski definition) is 4. The molecule has 2 N–H and O–H groups in total. The second-order valence-electron chi connectivity index (χ2n) is 5.17. The van der Waals surface area contributed by atoms with Crippen molar-refractivity contribution in [3.63, 3.8) is 0 Å². The third-order valence-electron chi connectivity index (χ3n) is 3.62. The second kappa shape index (κ2) is 6.45. The summed E-state index contributed by atoms with van der Waals surface area (Å²) in [4.78, 5) is 35.0. The van der Waals surface area contributed by atoms with E-state index in [-0.39, 0.29) is 11.5 Å². The summed E-state index contributed by atoms with van der Waals surface area (Å²) in [5, 5.41) is 4.94. The van der Waals surface area contributed by atoms with Crippen molar-refractivity contribution in [2.24, 2.45) is 0 Å². The molecule has 0 spiro atoms. The molecule has 0 bridgehead atoms. The van der Waals surface area contributed by atoms with E-state index in [1.54, 1.807) is 37.4 Å². The fourth-order valence-corrected chi connectivity index (χ4v) is 2.80. The molecule has 1 aliphatic rings. The number of benzene rings is 2. The summed E-state index contributed by atoms with van der Waals surface area (Å²) in [6.07, 6.45) is 0.